The lowest BCUT2D eigenvalue weighted by atomic mass is 10.0. The van der Waals surface area contributed by atoms with E-state index in [4.69, 9.17) is 4.74 Å². The van der Waals surface area contributed by atoms with Crippen LogP contribution < -0.4 is 5.32 Å². The van der Waals surface area contributed by atoms with E-state index in [0.29, 0.717) is 25.9 Å². The maximum atomic E-state index is 12.5. The summed E-state index contributed by atoms with van der Waals surface area (Å²) in [5.74, 6) is -0.0554. The number of rotatable bonds is 57. The molecule has 0 rings (SSSR count). The second kappa shape index (κ2) is 57.2. The number of unbranched alkanes of at least 4 members (excludes halogenated alkanes) is 44. The molecule has 6 heteroatoms. The molecule has 2 unspecified atom stereocenters. The summed E-state index contributed by atoms with van der Waals surface area (Å²) in [4.78, 5) is 24.5. The average molecular weight is 947 g/mol. The summed E-state index contributed by atoms with van der Waals surface area (Å²) in [5.41, 5.74) is 0. The predicted octanol–water partition coefficient (Wildman–Crippen LogP) is 18.9. The number of ether oxygens (including phenoxy) is 1. The van der Waals surface area contributed by atoms with Gasteiger partial charge in [0, 0.05) is 12.8 Å². The summed E-state index contributed by atoms with van der Waals surface area (Å²) in [6.07, 6.45) is 67.9. The fourth-order valence-corrected chi connectivity index (χ4v) is 9.64. The van der Waals surface area contributed by atoms with Crippen LogP contribution in [-0.2, 0) is 14.3 Å². The number of hydrogen-bond donors (Lipinski definition) is 3. The maximum absolute atomic E-state index is 12.5. The highest BCUT2D eigenvalue weighted by molar-refractivity contribution is 5.76. The highest BCUT2D eigenvalue weighted by Gasteiger charge is 2.20. The van der Waals surface area contributed by atoms with Crippen molar-refractivity contribution < 1.29 is 24.5 Å². The zero-order chi connectivity index (χ0) is 48.6. The molecule has 1 amide bonds. The lowest BCUT2D eigenvalue weighted by molar-refractivity contribution is -0.143. The van der Waals surface area contributed by atoms with Crippen molar-refractivity contribution in [2.75, 3.05) is 13.2 Å². The summed E-state index contributed by atoms with van der Waals surface area (Å²) in [6.45, 7) is 4.94. The topological polar surface area (TPSA) is 95.9 Å². The molecule has 0 aromatic heterocycles. The minimum atomic E-state index is -0.675. The Morgan fingerprint density at radius 3 is 1.06 bits per heavy atom. The third-order valence-corrected chi connectivity index (χ3v) is 14.3. The van der Waals surface area contributed by atoms with Crippen LogP contribution in [0.2, 0.25) is 0 Å². The van der Waals surface area contributed by atoms with Gasteiger partial charge in [0.25, 0.3) is 0 Å². The van der Waals surface area contributed by atoms with Gasteiger partial charge in [-0.25, -0.2) is 0 Å². The molecular formula is C61H119NO5. The van der Waals surface area contributed by atoms with E-state index < -0.39 is 12.1 Å². The molecule has 0 aromatic carbocycles. The van der Waals surface area contributed by atoms with E-state index >= 15 is 0 Å². The van der Waals surface area contributed by atoms with Gasteiger partial charge < -0.3 is 20.3 Å². The van der Waals surface area contributed by atoms with Crippen molar-refractivity contribution in [3.8, 4) is 0 Å². The van der Waals surface area contributed by atoms with Crippen LogP contribution >= 0.6 is 0 Å². The standard InChI is InChI=1S/C61H119NO5/c1-3-5-7-9-11-13-15-16-17-18-19-20-21-22-23-24-25-27-30-34-37-41-45-49-53-59(64)58(57-63)62-60(65)54-50-46-42-38-35-31-28-26-29-32-36-40-44-48-52-56-67-61(66)55-51-47-43-39-33-14-12-10-8-6-4-2/h29,32,58-59,63-64H,3-28,30-31,33-57H2,1-2H3,(H,62,65)/b32-29-. The Kier molecular flexibility index (Phi) is 56.0. The van der Waals surface area contributed by atoms with Crippen LogP contribution in [0.3, 0.4) is 0 Å². The molecule has 0 saturated heterocycles. The van der Waals surface area contributed by atoms with Crippen LogP contribution in [0.1, 0.15) is 341 Å². The number of aliphatic hydroxyl groups is 2. The Labute approximate surface area is 419 Å². The van der Waals surface area contributed by atoms with Gasteiger partial charge in [0.2, 0.25) is 5.91 Å². The number of aliphatic hydroxyl groups excluding tert-OH is 2. The molecule has 0 bridgehead atoms. The predicted molar refractivity (Wildman–Crippen MR) is 292 cm³/mol. The van der Waals surface area contributed by atoms with Gasteiger partial charge >= 0.3 is 5.97 Å². The lowest BCUT2D eigenvalue weighted by Gasteiger charge is -2.22. The molecule has 0 aromatic rings. The van der Waals surface area contributed by atoms with Crippen molar-refractivity contribution in [1.29, 1.82) is 0 Å². The van der Waals surface area contributed by atoms with Gasteiger partial charge in [-0.3, -0.25) is 9.59 Å². The molecule has 3 N–H and O–H groups in total. The highest BCUT2D eigenvalue weighted by atomic mass is 16.5. The number of carbonyl (C=O) groups excluding carboxylic acids is 2. The molecule has 0 spiro atoms. The second-order valence-electron chi connectivity index (χ2n) is 21.0. The fourth-order valence-electron chi connectivity index (χ4n) is 9.64. The summed E-state index contributed by atoms with van der Waals surface area (Å²) < 4.78 is 5.45. The van der Waals surface area contributed by atoms with Crippen molar-refractivity contribution in [3.63, 3.8) is 0 Å². The lowest BCUT2D eigenvalue weighted by Crippen LogP contribution is -2.45. The van der Waals surface area contributed by atoms with E-state index in [1.165, 1.54) is 238 Å². The van der Waals surface area contributed by atoms with Gasteiger partial charge in [-0.2, -0.15) is 0 Å². The number of carbonyl (C=O) groups is 2. The summed E-state index contributed by atoms with van der Waals surface area (Å²) >= 11 is 0. The SMILES string of the molecule is CCCCCCCCCCCCCCCCCCCCCCCCCCC(O)C(CO)NC(=O)CCCCCCCCC/C=C\CCCCCCOC(=O)CCCCCCCCCCCCC. The number of hydrogen-bond acceptors (Lipinski definition) is 5. The zero-order valence-corrected chi connectivity index (χ0v) is 45.4. The average Bonchev–Trinajstić information content (AvgIpc) is 3.33. The van der Waals surface area contributed by atoms with Crippen LogP contribution in [0.15, 0.2) is 12.2 Å². The smallest absolute Gasteiger partial charge is 0.305 e. The first-order valence-corrected chi connectivity index (χ1v) is 30.4. The molecule has 0 heterocycles. The molecule has 0 aliphatic heterocycles. The molecule has 0 saturated carbocycles. The van der Waals surface area contributed by atoms with Crippen LogP contribution in [0.25, 0.3) is 0 Å². The van der Waals surface area contributed by atoms with Gasteiger partial charge in [-0.1, -0.05) is 289 Å². The maximum Gasteiger partial charge on any atom is 0.305 e. The van der Waals surface area contributed by atoms with E-state index in [1.807, 2.05) is 0 Å². The first-order valence-electron chi connectivity index (χ1n) is 30.4. The van der Waals surface area contributed by atoms with Crippen LogP contribution in [0, 0.1) is 0 Å². The largest absolute Gasteiger partial charge is 0.466 e. The first kappa shape index (κ1) is 65.6. The Morgan fingerprint density at radius 1 is 0.403 bits per heavy atom. The monoisotopic (exact) mass is 946 g/mol. The number of allylic oxidation sites excluding steroid dienone is 2. The van der Waals surface area contributed by atoms with Crippen molar-refractivity contribution in [3.05, 3.63) is 12.2 Å². The molecule has 2 atom stereocenters. The van der Waals surface area contributed by atoms with E-state index in [2.05, 4.69) is 31.3 Å². The van der Waals surface area contributed by atoms with Crippen molar-refractivity contribution in [1.82, 2.24) is 5.32 Å². The summed E-state index contributed by atoms with van der Waals surface area (Å²) in [5, 5.41) is 23.4. The van der Waals surface area contributed by atoms with Gasteiger partial charge in [-0.15, -0.1) is 0 Å². The van der Waals surface area contributed by atoms with Gasteiger partial charge in [-0.05, 0) is 51.4 Å². The van der Waals surface area contributed by atoms with E-state index in [9.17, 15) is 19.8 Å². The summed E-state index contributed by atoms with van der Waals surface area (Å²) in [6, 6.07) is -0.553. The summed E-state index contributed by atoms with van der Waals surface area (Å²) in [7, 11) is 0. The van der Waals surface area contributed by atoms with Crippen molar-refractivity contribution in [2.24, 2.45) is 0 Å². The first-order chi connectivity index (χ1) is 33.0. The molecule has 0 aliphatic rings. The minimum absolute atomic E-state index is 0.00933. The molecule has 0 radical (unpaired) electrons. The fraction of sp³-hybridized carbons (Fsp3) is 0.934. The van der Waals surface area contributed by atoms with Gasteiger partial charge in [0.1, 0.15) is 0 Å². The van der Waals surface area contributed by atoms with E-state index in [-0.39, 0.29) is 18.5 Å². The highest BCUT2D eigenvalue weighted by Crippen LogP contribution is 2.18. The van der Waals surface area contributed by atoms with Crippen molar-refractivity contribution in [2.45, 2.75) is 353 Å². The number of amides is 1. The Bertz CT molecular complexity index is 1000. The molecule has 0 aliphatic carbocycles. The Balaban J connectivity index is 3.46. The molecule has 67 heavy (non-hydrogen) atoms. The molecule has 0 fully saturated rings. The Hall–Kier alpha value is -1.40. The van der Waals surface area contributed by atoms with E-state index in [0.717, 1.165) is 70.6 Å². The minimum Gasteiger partial charge on any atom is -0.466 e. The van der Waals surface area contributed by atoms with Gasteiger partial charge in [0.15, 0.2) is 0 Å². The molecule has 6 nitrogen and oxygen atoms in total. The van der Waals surface area contributed by atoms with Crippen molar-refractivity contribution >= 4 is 11.9 Å². The molecular weight excluding hydrogens is 827 g/mol. The van der Waals surface area contributed by atoms with E-state index in [1.54, 1.807) is 0 Å². The number of nitrogens with one attached hydrogen (secondary N) is 1. The Morgan fingerprint density at radius 2 is 0.701 bits per heavy atom. The normalized spacial score (nSPS) is 12.6. The second-order valence-corrected chi connectivity index (χ2v) is 21.0. The molecule has 398 valence electrons. The van der Waals surface area contributed by atoms with Crippen LogP contribution in [-0.4, -0.2) is 47.4 Å². The van der Waals surface area contributed by atoms with Crippen LogP contribution in [0.4, 0.5) is 0 Å². The van der Waals surface area contributed by atoms with Gasteiger partial charge in [0.05, 0.1) is 25.4 Å². The third-order valence-electron chi connectivity index (χ3n) is 14.3. The number of esters is 1. The third kappa shape index (κ3) is 53.8. The van der Waals surface area contributed by atoms with Crippen LogP contribution in [0.5, 0.6) is 0 Å². The zero-order valence-electron chi connectivity index (χ0n) is 45.4. The quantitative estimate of drug-likeness (QED) is 0.0321.